The van der Waals surface area contributed by atoms with Crippen LogP contribution in [0.25, 0.3) is 22.5 Å². The van der Waals surface area contributed by atoms with Crippen LogP contribution in [0.15, 0.2) is 60.9 Å². The van der Waals surface area contributed by atoms with Crippen molar-refractivity contribution in [2.24, 2.45) is 11.8 Å². The van der Waals surface area contributed by atoms with Crippen LogP contribution in [0.4, 0.5) is 0 Å². The fraction of sp³-hybridized carbons (Fsp3) is 0.471. The second kappa shape index (κ2) is 17.8. The summed E-state index contributed by atoms with van der Waals surface area (Å²) in [5, 5.41) is 9.00. The number of ether oxygens (including phenoxy) is 3. The molecule has 7 nitrogen and oxygen atoms in total. The highest BCUT2D eigenvalue weighted by atomic mass is 16.5. The summed E-state index contributed by atoms with van der Waals surface area (Å²) in [7, 11) is 0. The molecule has 1 aromatic heterocycles. The molecule has 0 amide bonds. The largest absolute Gasteiger partial charge is 0.490 e. The summed E-state index contributed by atoms with van der Waals surface area (Å²) >= 11 is 0. The first-order valence-corrected chi connectivity index (χ1v) is 14.9. The van der Waals surface area contributed by atoms with Crippen molar-refractivity contribution in [2.45, 2.75) is 72.1 Å². The third kappa shape index (κ3) is 11.0. The molecule has 0 saturated heterocycles. The second-order valence-electron chi connectivity index (χ2n) is 10.4. The molecule has 0 bridgehead atoms. The van der Waals surface area contributed by atoms with Crippen LogP contribution in [-0.2, 0) is 9.53 Å². The molecule has 2 aromatic carbocycles. The molecule has 1 heterocycles. The zero-order chi connectivity index (χ0) is 29.3. The van der Waals surface area contributed by atoms with Gasteiger partial charge in [0.25, 0.3) is 0 Å². The van der Waals surface area contributed by atoms with E-state index in [1.54, 1.807) is 31.5 Å². The number of nitriles is 1. The van der Waals surface area contributed by atoms with Crippen LogP contribution in [0.1, 0.15) is 72.1 Å². The van der Waals surface area contributed by atoms with E-state index < -0.39 is 5.92 Å². The molecule has 2 atom stereocenters. The van der Waals surface area contributed by atoms with Gasteiger partial charge >= 0.3 is 5.97 Å². The monoisotopic (exact) mass is 557 g/mol. The first-order valence-electron chi connectivity index (χ1n) is 14.9. The molecular weight excluding hydrogens is 514 g/mol. The quantitative estimate of drug-likeness (QED) is 0.0887. The van der Waals surface area contributed by atoms with Gasteiger partial charge in [-0.25, -0.2) is 9.97 Å². The van der Waals surface area contributed by atoms with Gasteiger partial charge < -0.3 is 14.2 Å². The molecule has 0 aliphatic carbocycles. The molecule has 0 aliphatic rings. The Labute approximate surface area is 244 Å². The van der Waals surface area contributed by atoms with Gasteiger partial charge in [-0.3, -0.25) is 4.79 Å². The van der Waals surface area contributed by atoms with Crippen LogP contribution in [0.3, 0.4) is 0 Å². The predicted octanol–water partition coefficient (Wildman–Crippen LogP) is 8.05. The summed E-state index contributed by atoms with van der Waals surface area (Å²) in [5.74, 6) is 0.888. The van der Waals surface area contributed by atoms with Gasteiger partial charge in [0.2, 0.25) is 0 Å². The lowest BCUT2D eigenvalue weighted by atomic mass is 10.0. The molecule has 41 heavy (non-hydrogen) atoms. The number of esters is 1. The maximum Gasteiger partial charge on any atom is 0.316 e. The van der Waals surface area contributed by atoms with Crippen LogP contribution >= 0.6 is 0 Å². The molecule has 0 saturated carbocycles. The van der Waals surface area contributed by atoms with Crippen molar-refractivity contribution in [3.63, 3.8) is 0 Å². The number of hydrogen-bond donors (Lipinski definition) is 0. The summed E-state index contributed by atoms with van der Waals surface area (Å²) in [4.78, 5) is 21.4. The van der Waals surface area contributed by atoms with Crippen molar-refractivity contribution < 1.29 is 19.0 Å². The van der Waals surface area contributed by atoms with Gasteiger partial charge in [-0.15, -0.1) is 0 Å². The fourth-order valence-electron chi connectivity index (χ4n) is 4.23. The Morgan fingerprint density at radius 1 is 0.805 bits per heavy atom. The normalized spacial score (nSPS) is 12.3. The van der Waals surface area contributed by atoms with Gasteiger partial charge in [0.15, 0.2) is 11.6 Å². The number of benzene rings is 2. The highest BCUT2D eigenvalue weighted by Crippen LogP contribution is 2.26. The molecule has 0 aliphatic heterocycles. The summed E-state index contributed by atoms with van der Waals surface area (Å²) < 4.78 is 16.8. The lowest BCUT2D eigenvalue weighted by Gasteiger charge is -2.13. The van der Waals surface area contributed by atoms with Crippen molar-refractivity contribution >= 4 is 5.97 Å². The number of carbonyl (C=O) groups excluding carboxylic acids is 1. The van der Waals surface area contributed by atoms with E-state index in [2.05, 4.69) is 23.0 Å². The van der Waals surface area contributed by atoms with E-state index in [0.29, 0.717) is 30.5 Å². The summed E-state index contributed by atoms with van der Waals surface area (Å²) in [6.45, 7) is 7.17. The zero-order valence-electron chi connectivity index (χ0n) is 24.7. The lowest BCUT2D eigenvalue weighted by molar-refractivity contribution is -0.140. The van der Waals surface area contributed by atoms with Gasteiger partial charge in [0.05, 0.1) is 50.1 Å². The van der Waals surface area contributed by atoms with Crippen molar-refractivity contribution in [1.82, 2.24) is 9.97 Å². The van der Waals surface area contributed by atoms with Crippen LogP contribution in [-0.4, -0.2) is 35.8 Å². The van der Waals surface area contributed by atoms with E-state index in [1.807, 2.05) is 43.3 Å². The average Bonchev–Trinajstić information content (AvgIpc) is 3.01. The predicted molar refractivity (Wildman–Crippen MR) is 161 cm³/mol. The van der Waals surface area contributed by atoms with Gasteiger partial charge in [-0.2, -0.15) is 5.26 Å². The minimum atomic E-state index is -0.425. The molecule has 0 fully saturated rings. The number of hydrogen-bond acceptors (Lipinski definition) is 7. The van der Waals surface area contributed by atoms with Gasteiger partial charge in [-0.1, -0.05) is 88.8 Å². The molecule has 7 heteroatoms. The van der Waals surface area contributed by atoms with Crippen LogP contribution in [0.2, 0.25) is 0 Å². The van der Waals surface area contributed by atoms with Crippen molar-refractivity contribution in [3.8, 4) is 40.1 Å². The van der Waals surface area contributed by atoms with Crippen LogP contribution < -0.4 is 9.47 Å². The molecule has 0 radical (unpaired) electrons. The molecule has 218 valence electrons. The standard InChI is InChI=1S/C34H43N3O4/c1-4-6-7-8-9-10-11-20-40-32-22-36-33(37-23-32)30-14-12-28(13-15-30)29-16-18-31(19-17-29)41-34(38)26(3)24-39-25-27(5-2)21-35/h12-19,22-23,26-27H,4-11,20,24-25H2,1-3H3. The highest BCUT2D eigenvalue weighted by Gasteiger charge is 2.17. The molecular formula is C34H43N3O4. The van der Waals surface area contributed by atoms with Crippen molar-refractivity contribution in [3.05, 3.63) is 60.9 Å². The topological polar surface area (TPSA) is 94.3 Å². The third-order valence-electron chi connectivity index (χ3n) is 6.96. The molecule has 3 rings (SSSR count). The number of unbranched alkanes of at least 4 members (excludes halogenated alkanes) is 6. The smallest absolute Gasteiger partial charge is 0.316 e. The van der Waals surface area contributed by atoms with E-state index in [-0.39, 0.29) is 18.5 Å². The second-order valence-corrected chi connectivity index (χ2v) is 10.4. The molecule has 3 aromatic rings. The average molecular weight is 558 g/mol. The van der Waals surface area contributed by atoms with Crippen molar-refractivity contribution in [1.29, 1.82) is 5.26 Å². The van der Waals surface area contributed by atoms with E-state index >= 15 is 0 Å². The van der Waals surface area contributed by atoms with Gasteiger partial charge in [0, 0.05) is 5.56 Å². The van der Waals surface area contributed by atoms with Crippen LogP contribution in [0.5, 0.6) is 11.5 Å². The minimum absolute atomic E-state index is 0.156. The summed E-state index contributed by atoms with van der Waals surface area (Å²) in [5.41, 5.74) is 2.96. The van der Waals surface area contributed by atoms with E-state index in [0.717, 1.165) is 29.5 Å². The Morgan fingerprint density at radius 3 is 2.00 bits per heavy atom. The first kappa shape index (κ1) is 31.8. The Kier molecular flexibility index (Phi) is 13.8. The van der Waals surface area contributed by atoms with Gasteiger partial charge in [0.1, 0.15) is 5.75 Å². The third-order valence-corrected chi connectivity index (χ3v) is 6.96. The highest BCUT2D eigenvalue weighted by molar-refractivity contribution is 5.75. The Bertz CT molecular complexity index is 1200. The molecule has 2 unspecified atom stereocenters. The maximum atomic E-state index is 12.4. The number of carbonyl (C=O) groups is 1. The lowest BCUT2D eigenvalue weighted by Crippen LogP contribution is -2.23. The SMILES string of the molecule is CCCCCCCCCOc1cnc(-c2ccc(-c3ccc(OC(=O)C(C)COCC(C#N)CC)cc3)cc2)nc1. The summed E-state index contributed by atoms with van der Waals surface area (Å²) in [6.07, 6.45) is 13.0. The Hall–Kier alpha value is -3.76. The van der Waals surface area contributed by atoms with E-state index in [9.17, 15) is 4.79 Å². The van der Waals surface area contributed by atoms with Crippen molar-refractivity contribution in [2.75, 3.05) is 19.8 Å². The van der Waals surface area contributed by atoms with Gasteiger partial charge in [-0.05, 0) is 43.0 Å². The molecule has 0 N–H and O–H groups in total. The number of aromatic nitrogens is 2. The zero-order valence-corrected chi connectivity index (χ0v) is 24.7. The van der Waals surface area contributed by atoms with E-state index in [4.69, 9.17) is 19.5 Å². The minimum Gasteiger partial charge on any atom is -0.490 e. The first-order chi connectivity index (χ1) is 20.0. The van der Waals surface area contributed by atoms with E-state index in [1.165, 1.54) is 38.5 Å². The maximum absolute atomic E-state index is 12.4. The van der Waals surface area contributed by atoms with Crippen LogP contribution in [0, 0.1) is 23.2 Å². The summed E-state index contributed by atoms with van der Waals surface area (Å²) in [6, 6.07) is 17.6. The number of rotatable bonds is 18. The molecule has 0 spiro atoms. The number of nitrogens with zero attached hydrogens (tertiary/aromatic N) is 3. The fourth-order valence-corrected chi connectivity index (χ4v) is 4.23. The Balaban J connectivity index is 1.44. The Morgan fingerprint density at radius 2 is 1.39 bits per heavy atom.